The summed E-state index contributed by atoms with van der Waals surface area (Å²) in [6.45, 7) is 2.68. The number of hydrogen-bond donors (Lipinski definition) is 1. The van der Waals surface area contributed by atoms with Crippen LogP contribution in [0.4, 0.5) is 5.69 Å². The van der Waals surface area contributed by atoms with Crippen LogP contribution in [0.15, 0.2) is 47.0 Å². The lowest BCUT2D eigenvalue weighted by atomic mass is 10.1. The van der Waals surface area contributed by atoms with Crippen molar-refractivity contribution in [3.05, 3.63) is 59.1 Å². The Balaban J connectivity index is 1.85. The molecule has 0 spiro atoms. The summed E-state index contributed by atoms with van der Waals surface area (Å²) in [4.78, 5) is 4.04. The molecule has 3 aromatic rings. The summed E-state index contributed by atoms with van der Waals surface area (Å²) in [6.07, 6.45) is 1.72. The van der Waals surface area contributed by atoms with Crippen LogP contribution in [0.3, 0.4) is 0 Å². The molecule has 0 amide bonds. The molecule has 0 saturated carbocycles. The van der Waals surface area contributed by atoms with Gasteiger partial charge in [-0.1, -0.05) is 29.8 Å². The van der Waals surface area contributed by atoms with Gasteiger partial charge in [-0.2, -0.15) is 0 Å². The molecule has 19 heavy (non-hydrogen) atoms. The third-order valence-electron chi connectivity index (χ3n) is 3.10. The van der Waals surface area contributed by atoms with E-state index >= 15 is 0 Å². The molecular formula is C15H13ClN2O. The number of pyridine rings is 1. The van der Waals surface area contributed by atoms with Crippen molar-refractivity contribution >= 4 is 28.3 Å². The maximum atomic E-state index is 5.76. The van der Waals surface area contributed by atoms with Gasteiger partial charge in [0.25, 0.3) is 0 Å². The second kappa shape index (κ2) is 4.94. The summed E-state index contributed by atoms with van der Waals surface area (Å²) in [5.74, 6) is 0.940. The van der Waals surface area contributed by atoms with Gasteiger partial charge in [0, 0.05) is 17.5 Å². The monoisotopic (exact) mass is 272 g/mol. The van der Waals surface area contributed by atoms with E-state index < -0.39 is 0 Å². The highest BCUT2D eigenvalue weighted by molar-refractivity contribution is 6.29. The van der Waals surface area contributed by atoms with Gasteiger partial charge in [-0.15, -0.1) is 0 Å². The van der Waals surface area contributed by atoms with Crippen LogP contribution in [-0.2, 0) is 6.54 Å². The van der Waals surface area contributed by atoms with Crippen molar-refractivity contribution in [2.75, 3.05) is 5.32 Å². The second-order valence-electron chi connectivity index (χ2n) is 4.36. The molecule has 0 fully saturated rings. The molecule has 0 aliphatic heterocycles. The Morgan fingerprint density at radius 1 is 1.21 bits per heavy atom. The molecule has 0 radical (unpaired) electrons. The quantitative estimate of drug-likeness (QED) is 0.718. The first-order valence-electron chi connectivity index (χ1n) is 6.06. The Kier molecular flexibility index (Phi) is 3.13. The third kappa shape index (κ3) is 2.42. The van der Waals surface area contributed by atoms with Crippen LogP contribution in [0.1, 0.15) is 11.3 Å². The number of anilines is 1. The molecule has 1 N–H and O–H groups in total. The Hall–Kier alpha value is -2.00. The van der Waals surface area contributed by atoms with Crippen LogP contribution < -0.4 is 5.32 Å². The first-order chi connectivity index (χ1) is 9.24. The number of rotatable bonds is 3. The predicted octanol–water partition coefficient (Wildman–Crippen LogP) is 4.40. The maximum Gasteiger partial charge on any atom is 0.134 e. The Morgan fingerprint density at radius 2 is 2.05 bits per heavy atom. The number of para-hydroxylation sites is 1. The predicted molar refractivity (Wildman–Crippen MR) is 77.5 cm³/mol. The van der Waals surface area contributed by atoms with Crippen molar-refractivity contribution < 1.29 is 4.42 Å². The molecule has 96 valence electrons. The van der Waals surface area contributed by atoms with Crippen molar-refractivity contribution in [3.8, 4) is 0 Å². The van der Waals surface area contributed by atoms with Crippen molar-refractivity contribution in [2.24, 2.45) is 0 Å². The third-order valence-corrected chi connectivity index (χ3v) is 3.32. The molecule has 0 unspecified atom stereocenters. The van der Waals surface area contributed by atoms with Gasteiger partial charge in [-0.25, -0.2) is 4.98 Å². The number of fused-ring (bicyclic) bond motifs is 1. The zero-order valence-electron chi connectivity index (χ0n) is 10.5. The van der Waals surface area contributed by atoms with Crippen LogP contribution in [0.25, 0.3) is 11.0 Å². The summed E-state index contributed by atoms with van der Waals surface area (Å²) in [5, 5.41) is 4.97. The molecular weight excluding hydrogens is 260 g/mol. The fourth-order valence-corrected chi connectivity index (χ4v) is 2.22. The van der Waals surface area contributed by atoms with Crippen LogP contribution in [0.5, 0.6) is 0 Å². The molecule has 0 aliphatic carbocycles. The highest BCUT2D eigenvalue weighted by atomic mass is 35.5. The van der Waals surface area contributed by atoms with E-state index in [2.05, 4.69) is 16.4 Å². The molecule has 0 atom stereocenters. The van der Waals surface area contributed by atoms with Crippen LogP contribution >= 0.6 is 11.6 Å². The van der Waals surface area contributed by atoms with Gasteiger partial charge in [0.2, 0.25) is 0 Å². The van der Waals surface area contributed by atoms with E-state index in [-0.39, 0.29) is 0 Å². The summed E-state index contributed by atoms with van der Waals surface area (Å²) >= 11 is 5.76. The molecule has 2 aromatic heterocycles. The molecule has 1 aromatic carbocycles. The number of benzene rings is 1. The van der Waals surface area contributed by atoms with Gasteiger partial charge in [0.1, 0.15) is 16.5 Å². The van der Waals surface area contributed by atoms with Gasteiger partial charge in [-0.05, 0) is 25.1 Å². The van der Waals surface area contributed by atoms with E-state index in [4.69, 9.17) is 16.0 Å². The van der Waals surface area contributed by atoms with Gasteiger partial charge >= 0.3 is 0 Å². The first-order valence-corrected chi connectivity index (χ1v) is 6.44. The van der Waals surface area contributed by atoms with Crippen LogP contribution in [-0.4, -0.2) is 4.98 Å². The van der Waals surface area contributed by atoms with Gasteiger partial charge in [-0.3, -0.25) is 0 Å². The Bertz CT molecular complexity index is 704. The van der Waals surface area contributed by atoms with E-state index in [0.717, 1.165) is 22.4 Å². The maximum absolute atomic E-state index is 5.76. The average Bonchev–Trinajstić information content (AvgIpc) is 2.74. The van der Waals surface area contributed by atoms with E-state index in [1.54, 1.807) is 12.3 Å². The molecule has 4 heteroatoms. The van der Waals surface area contributed by atoms with Crippen molar-refractivity contribution in [3.63, 3.8) is 0 Å². The minimum atomic E-state index is 0.496. The molecule has 3 nitrogen and oxygen atoms in total. The Labute approximate surface area is 116 Å². The fourth-order valence-electron chi connectivity index (χ4n) is 2.11. The number of nitrogens with zero attached hydrogens (tertiary/aromatic N) is 1. The number of nitrogens with one attached hydrogen (secondary N) is 1. The van der Waals surface area contributed by atoms with Gasteiger partial charge < -0.3 is 9.73 Å². The minimum absolute atomic E-state index is 0.496. The van der Waals surface area contributed by atoms with Crippen molar-refractivity contribution in [1.29, 1.82) is 0 Å². The lowest BCUT2D eigenvalue weighted by Crippen LogP contribution is -2.00. The molecule has 3 rings (SSSR count). The highest BCUT2D eigenvalue weighted by Crippen LogP contribution is 2.26. The fraction of sp³-hybridized carbons (Fsp3) is 0.133. The largest absolute Gasteiger partial charge is 0.461 e. The Morgan fingerprint density at radius 3 is 2.84 bits per heavy atom. The van der Waals surface area contributed by atoms with Crippen LogP contribution in [0.2, 0.25) is 5.15 Å². The second-order valence-corrected chi connectivity index (χ2v) is 4.74. The van der Waals surface area contributed by atoms with E-state index in [0.29, 0.717) is 11.7 Å². The van der Waals surface area contributed by atoms with E-state index in [1.807, 2.05) is 31.2 Å². The van der Waals surface area contributed by atoms with Crippen molar-refractivity contribution in [2.45, 2.75) is 13.5 Å². The number of aryl methyl sites for hydroxylation is 1. The number of aromatic nitrogens is 1. The van der Waals surface area contributed by atoms with Crippen LogP contribution in [0, 0.1) is 6.92 Å². The SMILES string of the molecule is Cc1oc2ccccc2c1CNc1ccc(Cl)nc1. The topological polar surface area (TPSA) is 38.1 Å². The first kappa shape index (κ1) is 12.1. The van der Waals surface area contributed by atoms with E-state index in [1.165, 1.54) is 5.56 Å². The standard InChI is InChI=1S/C15H13ClN2O/c1-10-13(12-4-2-3-5-14(12)19-10)9-17-11-6-7-15(16)18-8-11/h2-8,17H,9H2,1H3. The van der Waals surface area contributed by atoms with Gasteiger partial charge in [0.05, 0.1) is 11.9 Å². The lowest BCUT2D eigenvalue weighted by molar-refractivity contribution is 0.573. The normalized spacial score (nSPS) is 10.8. The van der Waals surface area contributed by atoms with E-state index in [9.17, 15) is 0 Å². The number of furan rings is 1. The average molecular weight is 273 g/mol. The molecule has 0 bridgehead atoms. The summed E-state index contributed by atoms with van der Waals surface area (Å²) in [5.41, 5.74) is 3.03. The molecule has 0 aliphatic rings. The smallest absolute Gasteiger partial charge is 0.134 e. The number of halogens is 1. The summed E-state index contributed by atoms with van der Waals surface area (Å²) in [7, 11) is 0. The van der Waals surface area contributed by atoms with Gasteiger partial charge in [0.15, 0.2) is 0 Å². The summed E-state index contributed by atoms with van der Waals surface area (Å²) < 4.78 is 5.73. The minimum Gasteiger partial charge on any atom is -0.461 e. The zero-order chi connectivity index (χ0) is 13.2. The lowest BCUT2D eigenvalue weighted by Gasteiger charge is -2.05. The number of hydrogen-bond acceptors (Lipinski definition) is 3. The highest BCUT2D eigenvalue weighted by Gasteiger charge is 2.09. The zero-order valence-corrected chi connectivity index (χ0v) is 11.2. The molecule has 2 heterocycles. The van der Waals surface area contributed by atoms with Crippen molar-refractivity contribution in [1.82, 2.24) is 4.98 Å². The molecule has 0 saturated heterocycles. The summed E-state index contributed by atoms with van der Waals surface area (Å²) in [6, 6.07) is 11.7.